The summed E-state index contributed by atoms with van der Waals surface area (Å²) in [5.41, 5.74) is -7.13. The first-order valence-corrected chi connectivity index (χ1v) is 12.9. The molecule has 204 valence electrons. The van der Waals surface area contributed by atoms with Crippen LogP contribution < -0.4 is 4.72 Å². The van der Waals surface area contributed by atoms with Gasteiger partial charge in [0, 0.05) is 16.1 Å². The standard InChI is InChI=1S/C22H23BrF4N2O7S/c1-4-11-35-19(30)21(3,22(25,26)27)36-13-20(2,15-12-14(23)9-10-16(15)24)28-37(33,34)18-8-6-5-7-17(18)29(31)32/h5-10,12,28H,4,11,13H2,1-3H3/t20-,21-/m1/s1. The van der Waals surface area contributed by atoms with E-state index in [1.807, 2.05) is 4.72 Å². The zero-order valence-electron chi connectivity index (χ0n) is 19.8. The van der Waals surface area contributed by atoms with E-state index in [-0.39, 0.29) is 17.5 Å². The molecule has 2 atom stereocenters. The average molecular weight is 615 g/mol. The Morgan fingerprint density at radius 1 is 1.16 bits per heavy atom. The predicted octanol–water partition coefficient (Wildman–Crippen LogP) is 4.98. The van der Waals surface area contributed by atoms with Crippen LogP contribution in [0.2, 0.25) is 0 Å². The molecular weight excluding hydrogens is 592 g/mol. The molecule has 0 fully saturated rings. The number of hydrogen-bond acceptors (Lipinski definition) is 7. The van der Waals surface area contributed by atoms with Gasteiger partial charge in [0.2, 0.25) is 10.0 Å². The first-order valence-electron chi connectivity index (χ1n) is 10.6. The van der Waals surface area contributed by atoms with Gasteiger partial charge in [-0.2, -0.15) is 17.9 Å². The minimum atomic E-state index is -5.30. The molecule has 1 N–H and O–H groups in total. The van der Waals surface area contributed by atoms with Gasteiger partial charge in [-0.15, -0.1) is 0 Å². The van der Waals surface area contributed by atoms with Crippen molar-refractivity contribution < 1.29 is 45.2 Å². The molecule has 2 aromatic carbocycles. The van der Waals surface area contributed by atoms with Crippen LogP contribution in [0.1, 0.15) is 32.8 Å². The minimum Gasteiger partial charge on any atom is -0.463 e. The number of nitro groups is 1. The van der Waals surface area contributed by atoms with Gasteiger partial charge < -0.3 is 9.47 Å². The Labute approximate surface area is 218 Å². The van der Waals surface area contributed by atoms with Crippen LogP contribution in [-0.4, -0.2) is 44.3 Å². The van der Waals surface area contributed by atoms with Crippen LogP contribution in [0.3, 0.4) is 0 Å². The van der Waals surface area contributed by atoms with Gasteiger partial charge in [0.05, 0.1) is 23.7 Å². The van der Waals surface area contributed by atoms with Crippen molar-refractivity contribution in [1.82, 2.24) is 4.72 Å². The number of para-hydroxylation sites is 1. The Morgan fingerprint density at radius 2 is 1.78 bits per heavy atom. The van der Waals surface area contributed by atoms with Crippen molar-refractivity contribution in [3.63, 3.8) is 0 Å². The summed E-state index contributed by atoms with van der Waals surface area (Å²) in [4.78, 5) is 21.9. The summed E-state index contributed by atoms with van der Waals surface area (Å²) in [6, 6.07) is 7.51. The Balaban J connectivity index is 2.63. The third kappa shape index (κ3) is 6.83. The number of nitrogens with zero attached hydrogens (tertiary/aromatic N) is 1. The number of nitrogens with one attached hydrogen (secondary N) is 1. The molecule has 0 aromatic heterocycles. The van der Waals surface area contributed by atoms with Crippen LogP contribution in [0.4, 0.5) is 23.2 Å². The maximum Gasteiger partial charge on any atom is 0.428 e. The van der Waals surface area contributed by atoms with E-state index in [2.05, 4.69) is 20.7 Å². The minimum absolute atomic E-state index is 0.219. The zero-order chi connectivity index (χ0) is 28.2. The molecular formula is C22H23BrF4N2O7S. The molecule has 0 spiro atoms. The van der Waals surface area contributed by atoms with E-state index in [9.17, 15) is 40.9 Å². The summed E-state index contributed by atoms with van der Waals surface area (Å²) in [6.45, 7) is 1.41. The maximum atomic E-state index is 14.9. The first kappa shape index (κ1) is 30.6. The van der Waals surface area contributed by atoms with E-state index in [0.29, 0.717) is 6.92 Å². The van der Waals surface area contributed by atoms with E-state index in [4.69, 9.17) is 4.74 Å². The fourth-order valence-corrected chi connectivity index (χ4v) is 5.06. The first-order chi connectivity index (χ1) is 17.0. The van der Waals surface area contributed by atoms with E-state index < -0.39 is 66.8 Å². The van der Waals surface area contributed by atoms with E-state index in [1.54, 1.807) is 6.92 Å². The van der Waals surface area contributed by atoms with Crippen molar-refractivity contribution in [3.8, 4) is 0 Å². The highest BCUT2D eigenvalue weighted by Crippen LogP contribution is 2.38. The number of benzene rings is 2. The molecule has 0 saturated heterocycles. The predicted molar refractivity (Wildman–Crippen MR) is 127 cm³/mol. The lowest BCUT2D eigenvalue weighted by Crippen LogP contribution is -2.56. The second kappa shape index (κ2) is 11.4. The fourth-order valence-electron chi connectivity index (χ4n) is 3.15. The van der Waals surface area contributed by atoms with E-state index in [1.165, 1.54) is 18.2 Å². The molecule has 0 aliphatic carbocycles. The monoisotopic (exact) mass is 614 g/mol. The number of alkyl halides is 3. The molecule has 0 saturated carbocycles. The number of ether oxygens (including phenoxy) is 2. The molecule has 0 heterocycles. The van der Waals surface area contributed by atoms with Gasteiger partial charge in [0.25, 0.3) is 11.3 Å². The van der Waals surface area contributed by atoms with Crippen LogP contribution in [0, 0.1) is 15.9 Å². The number of rotatable bonds is 11. The van der Waals surface area contributed by atoms with Gasteiger partial charge >= 0.3 is 12.1 Å². The van der Waals surface area contributed by atoms with E-state index in [0.717, 1.165) is 31.2 Å². The Hall–Kier alpha value is -2.62. The molecule has 0 amide bonds. The van der Waals surface area contributed by atoms with Crippen LogP contribution in [0.25, 0.3) is 0 Å². The maximum absolute atomic E-state index is 14.9. The summed E-state index contributed by atoms with van der Waals surface area (Å²) in [7, 11) is -4.86. The second-order valence-electron chi connectivity index (χ2n) is 8.24. The molecule has 15 heteroatoms. The summed E-state index contributed by atoms with van der Waals surface area (Å²) in [6.07, 6.45) is -5.08. The molecule has 2 rings (SSSR count). The molecule has 0 aliphatic rings. The van der Waals surface area contributed by atoms with Crippen molar-refractivity contribution in [1.29, 1.82) is 0 Å². The third-order valence-electron chi connectivity index (χ3n) is 5.25. The number of halogens is 5. The van der Waals surface area contributed by atoms with Gasteiger partial charge in [-0.25, -0.2) is 17.6 Å². The molecule has 2 aromatic rings. The Kier molecular flexibility index (Phi) is 9.44. The van der Waals surface area contributed by atoms with Crippen LogP contribution >= 0.6 is 15.9 Å². The summed E-state index contributed by atoms with van der Waals surface area (Å²) in [5, 5.41) is 11.4. The highest BCUT2D eigenvalue weighted by atomic mass is 79.9. The van der Waals surface area contributed by atoms with Crippen molar-refractivity contribution >= 4 is 37.6 Å². The third-order valence-corrected chi connectivity index (χ3v) is 7.39. The summed E-state index contributed by atoms with van der Waals surface area (Å²) >= 11 is 3.09. The summed E-state index contributed by atoms with van der Waals surface area (Å²) in [5.74, 6) is -2.80. The van der Waals surface area contributed by atoms with Gasteiger partial charge in [-0.3, -0.25) is 10.1 Å². The Morgan fingerprint density at radius 3 is 2.35 bits per heavy atom. The summed E-state index contributed by atoms with van der Waals surface area (Å²) < 4.78 is 95.0. The number of sulfonamides is 1. The number of carbonyl (C=O) groups is 1. The average Bonchev–Trinajstić information content (AvgIpc) is 2.81. The SMILES string of the molecule is CCCOC(=O)[C@@](C)(OC[C@@](C)(NS(=O)(=O)c1ccccc1[N+](=O)[O-])c1cc(Br)ccc1F)C(F)(F)F. The van der Waals surface area contributed by atoms with Crippen molar-refractivity contribution in [2.45, 2.75) is 49.4 Å². The second-order valence-corrected chi connectivity index (χ2v) is 10.8. The number of nitro benzene ring substituents is 1. The fraction of sp³-hybridized carbons (Fsp3) is 0.409. The van der Waals surface area contributed by atoms with Crippen LogP contribution in [0.5, 0.6) is 0 Å². The normalized spacial score (nSPS) is 15.5. The van der Waals surface area contributed by atoms with Gasteiger partial charge in [-0.1, -0.05) is 35.0 Å². The zero-order valence-corrected chi connectivity index (χ0v) is 22.2. The van der Waals surface area contributed by atoms with Crippen LogP contribution in [0.15, 0.2) is 51.8 Å². The van der Waals surface area contributed by atoms with Crippen LogP contribution in [-0.2, 0) is 29.8 Å². The highest BCUT2D eigenvalue weighted by molar-refractivity contribution is 9.10. The lowest BCUT2D eigenvalue weighted by atomic mass is 9.93. The number of carbonyl (C=O) groups excluding carboxylic acids is 1. The Bertz CT molecular complexity index is 1280. The van der Waals surface area contributed by atoms with Gasteiger partial charge in [0.1, 0.15) is 5.82 Å². The molecule has 0 radical (unpaired) electrons. The lowest BCUT2D eigenvalue weighted by Gasteiger charge is -2.36. The van der Waals surface area contributed by atoms with Gasteiger partial charge in [0.15, 0.2) is 4.90 Å². The van der Waals surface area contributed by atoms with Gasteiger partial charge in [-0.05, 0) is 44.5 Å². The lowest BCUT2D eigenvalue weighted by molar-refractivity contribution is -0.387. The quantitative estimate of drug-likeness (QED) is 0.164. The number of hydrogen-bond donors (Lipinski definition) is 1. The van der Waals surface area contributed by atoms with Crippen molar-refractivity contribution in [3.05, 3.63) is 68.4 Å². The van der Waals surface area contributed by atoms with Crippen molar-refractivity contribution in [2.24, 2.45) is 0 Å². The number of esters is 1. The molecule has 0 unspecified atom stereocenters. The van der Waals surface area contributed by atoms with Crippen molar-refractivity contribution in [2.75, 3.05) is 13.2 Å². The molecule has 0 bridgehead atoms. The largest absolute Gasteiger partial charge is 0.463 e. The molecule has 9 nitrogen and oxygen atoms in total. The smallest absolute Gasteiger partial charge is 0.428 e. The molecule has 0 aliphatic heterocycles. The topological polar surface area (TPSA) is 125 Å². The highest BCUT2D eigenvalue weighted by Gasteiger charge is 2.60. The molecule has 37 heavy (non-hydrogen) atoms. The van der Waals surface area contributed by atoms with E-state index >= 15 is 0 Å².